The molecular formula is C37H26Cl2FN3O5S. The first-order valence-corrected chi connectivity index (χ1v) is 16.2. The Morgan fingerprint density at radius 3 is 2.04 bits per heavy atom. The monoisotopic (exact) mass is 713 g/mol. The Balaban J connectivity index is 1.35. The number of carboxylic acids is 1. The van der Waals surface area contributed by atoms with E-state index in [2.05, 4.69) is 16.0 Å². The molecule has 8 nitrogen and oxygen atoms in total. The molecule has 12 heteroatoms. The molecule has 246 valence electrons. The highest BCUT2D eigenvalue weighted by atomic mass is 35.5. The lowest BCUT2D eigenvalue weighted by Gasteiger charge is -2.18. The molecule has 0 aliphatic heterocycles. The molecule has 0 saturated heterocycles. The minimum atomic E-state index is -1.22. The summed E-state index contributed by atoms with van der Waals surface area (Å²) in [5.74, 6) is -3.61. The molecule has 0 aliphatic carbocycles. The molecule has 0 aliphatic rings. The lowest BCUT2D eigenvalue weighted by atomic mass is 10.1. The number of rotatable bonds is 11. The third-order valence-corrected chi connectivity index (χ3v) is 8.91. The zero-order valence-corrected chi connectivity index (χ0v) is 27.7. The normalized spacial score (nSPS) is 11.7. The van der Waals surface area contributed by atoms with Gasteiger partial charge in [-0.2, -0.15) is 0 Å². The Hall–Kier alpha value is -5.42. The number of aromatic carboxylic acids is 1. The van der Waals surface area contributed by atoms with Crippen LogP contribution < -0.4 is 16.0 Å². The summed E-state index contributed by atoms with van der Waals surface area (Å²) in [6.07, 6.45) is 1.17. The summed E-state index contributed by atoms with van der Waals surface area (Å²) in [7, 11) is 0. The van der Waals surface area contributed by atoms with E-state index in [0.717, 1.165) is 0 Å². The summed E-state index contributed by atoms with van der Waals surface area (Å²) < 4.78 is 14.6. The SMILES string of the molecule is O=C(Nc1ccc(SC(C(=O)Nc2ccc(Cl)c(C(=O)O)c2)c2ccccc2)cc1)/C(=C/c1c(F)cccc1Cl)NC(=O)c1ccccc1. The molecule has 1 unspecified atom stereocenters. The summed E-state index contributed by atoms with van der Waals surface area (Å²) in [4.78, 5) is 52.1. The van der Waals surface area contributed by atoms with E-state index in [4.69, 9.17) is 23.2 Å². The lowest BCUT2D eigenvalue weighted by Crippen LogP contribution is -2.30. The van der Waals surface area contributed by atoms with Gasteiger partial charge in [-0.15, -0.1) is 11.8 Å². The summed E-state index contributed by atoms with van der Waals surface area (Å²) in [5, 5.41) is 16.8. The van der Waals surface area contributed by atoms with Crippen molar-refractivity contribution >= 4 is 76.1 Å². The van der Waals surface area contributed by atoms with Gasteiger partial charge in [0.1, 0.15) is 16.8 Å². The number of carboxylic acid groups (broad SMARTS) is 1. The van der Waals surface area contributed by atoms with Gasteiger partial charge in [-0.3, -0.25) is 14.4 Å². The van der Waals surface area contributed by atoms with Crippen molar-refractivity contribution in [3.05, 3.63) is 165 Å². The smallest absolute Gasteiger partial charge is 0.337 e. The highest BCUT2D eigenvalue weighted by Crippen LogP contribution is 2.37. The quantitative estimate of drug-likeness (QED) is 0.0802. The zero-order chi connectivity index (χ0) is 34.9. The molecule has 49 heavy (non-hydrogen) atoms. The average Bonchev–Trinajstić information content (AvgIpc) is 3.10. The Morgan fingerprint density at radius 1 is 0.735 bits per heavy atom. The third kappa shape index (κ3) is 9.14. The number of halogens is 3. The van der Waals surface area contributed by atoms with E-state index in [-0.39, 0.29) is 38.1 Å². The minimum absolute atomic E-state index is 0.0453. The molecular weight excluding hydrogens is 688 g/mol. The maximum absolute atomic E-state index is 14.6. The van der Waals surface area contributed by atoms with Crippen molar-refractivity contribution in [3.8, 4) is 0 Å². The number of amides is 3. The Labute approximate surface area is 295 Å². The van der Waals surface area contributed by atoms with Crippen molar-refractivity contribution in [1.82, 2.24) is 5.32 Å². The number of anilines is 2. The van der Waals surface area contributed by atoms with Crippen molar-refractivity contribution in [2.75, 3.05) is 10.6 Å². The summed E-state index contributed by atoms with van der Waals surface area (Å²) in [5.41, 5.74) is 1.16. The molecule has 0 spiro atoms. The maximum atomic E-state index is 14.6. The van der Waals surface area contributed by atoms with Crippen LogP contribution in [0.3, 0.4) is 0 Å². The third-order valence-electron chi connectivity index (χ3n) is 6.99. The van der Waals surface area contributed by atoms with Gasteiger partial charge in [-0.05, 0) is 78.4 Å². The molecule has 0 bridgehead atoms. The van der Waals surface area contributed by atoms with E-state index in [1.807, 2.05) is 6.07 Å². The van der Waals surface area contributed by atoms with Crippen LogP contribution in [-0.2, 0) is 9.59 Å². The van der Waals surface area contributed by atoms with Crippen LogP contribution in [0.15, 0.2) is 132 Å². The van der Waals surface area contributed by atoms with Gasteiger partial charge in [0.25, 0.3) is 11.8 Å². The summed E-state index contributed by atoms with van der Waals surface area (Å²) in [6.45, 7) is 0. The predicted octanol–water partition coefficient (Wildman–Crippen LogP) is 8.71. The highest BCUT2D eigenvalue weighted by molar-refractivity contribution is 8.00. The lowest BCUT2D eigenvalue weighted by molar-refractivity contribution is -0.116. The van der Waals surface area contributed by atoms with Crippen molar-refractivity contribution in [3.63, 3.8) is 0 Å². The molecule has 5 aromatic rings. The van der Waals surface area contributed by atoms with Gasteiger partial charge in [0.05, 0.1) is 15.6 Å². The second-order valence-electron chi connectivity index (χ2n) is 10.4. The predicted molar refractivity (Wildman–Crippen MR) is 190 cm³/mol. The molecule has 1 atom stereocenters. The van der Waals surface area contributed by atoms with Gasteiger partial charge in [0.2, 0.25) is 5.91 Å². The van der Waals surface area contributed by atoms with E-state index in [9.17, 15) is 28.7 Å². The van der Waals surface area contributed by atoms with Crippen LogP contribution in [0.4, 0.5) is 15.8 Å². The standard InChI is InChI=1S/C37H26Cl2FN3O5S/c38-29-12-7-13-31(40)27(29)21-32(43-34(44)23-10-5-2-6-11-23)35(45)41-24-14-17-26(18-15-24)49-33(22-8-3-1-4-9-22)36(46)42-25-16-19-30(39)28(20-25)37(47)48/h1-21,33H,(H,41,45)(H,42,46)(H,43,44)(H,47,48)/b32-21-. The second-order valence-corrected chi connectivity index (χ2v) is 12.4. The topological polar surface area (TPSA) is 125 Å². The van der Waals surface area contributed by atoms with Crippen LogP contribution in [0.5, 0.6) is 0 Å². The van der Waals surface area contributed by atoms with Crippen molar-refractivity contribution in [2.45, 2.75) is 10.1 Å². The molecule has 4 N–H and O–H groups in total. The molecule has 5 rings (SSSR count). The van der Waals surface area contributed by atoms with Gasteiger partial charge in [0, 0.05) is 27.4 Å². The summed E-state index contributed by atoms with van der Waals surface area (Å²) >= 11 is 13.4. The molecule has 0 aromatic heterocycles. The van der Waals surface area contributed by atoms with Crippen LogP contribution >= 0.6 is 35.0 Å². The van der Waals surface area contributed by atoms with Gasteiger partial charge in [-0.1, -0.05) is 77.8 Å². The Morgan fingerprint density at radius 2 is 1.39 bits per heavy atom. The van der Waals surface area contributed by atoms with E-state index >= 15 is 0 Å². The van der Waals surface area contributed by atoms with Gasteiger partial charge in [-0.25, -0.2) is 9.18 Å². The number of carbonyl (C=O) groups is 4. The number of nitrogens with one attached hydrogen (secondary N) is 3. The van der Waals surface area contributed by atoms with Gasteiger partial charge >= 0.3 is 5.97 Å². The first kappa shape index (κ1) is 34.9. The Kier molecular flexibility index (Phi) is 11.5. The van der Waals surface area contributed by atoms with Crippen molar-refractivity contribution < 1.29 is 28.7 Å². The molecule has 0 fully saturated rings. The number of carbonyl (C=O) groups excluding carboxylic acids is 3. The number of benzene rings is 5. The van der Waals surface area contributed by atoms with E-state index < -0.39 is 34.8 Å². The zero-order valence-electron chi connectivity index (χ0n) is 25.3. The number of hydrogen-bond acceptors (Lipinski definition) is 5. The molecule has 3 amide bonds. The average molecular weight is 715 g/mol. The fraction of sp³-hybridized carbons (Fsp3) is 0.0270. The van der Waals surface area contributed by atoms with E-state index in [1.54, 1.807) is 78.9 Å². The van der Waals surface area contributed by atoms with Gasteiger partial charge < -0.3 is 21.1 Å². The highest BCUT2D eigenvalue weighted by Gasteiger charge is 2.23. The molecule has 0 heterocycles. The van der Waals surface area contributed by atoms with Crippen LogP contribution in [0.25, 0.3) is 6.08 Å². The minimum Gasteiger partial charge on any atom is -0.478 e. The number of thioether (sulfide) groups is 1. The maximum Gasteiger partial charge on any atom is 0.337 e. The van der Waals surface area contributed by atoms with Crippen LogP contribution in [-0.4, -0.2) is 28.8 Å². The first-order chi connectivity index (χ1) is 23.6. The largest absolute Gasteiger partial charge is 0.478 e. The van der Waals surface area contributed by atoms with Gasteiger partial charge in [0.15, 0.2) is 0 Å². The molecule has 0 saturated carbocycles. The number of hydrogen-bond donors (Lipinski definition) is 4. The van der Waals surface area contributed by atoms with Crippen molar-refractivity contribution in [2.24, 2.45) is 0 Å². The fourth-order valence-corrected chi connectivity index (χ4v) is 6.00. The Bertz CT molecular complexity index is 2030. The van der Waals surface area contributed by atoms with Crippen molar-refractivity contribution in [1.29, 1.82) is 0 Å². The molecule has 0 radical (unpaired) electrons. The fourth-order valence-electron chi connectivity index (χ4n) is 4.56. The second kappa shape index (κ2) is 16.1. The first-order valence-electron chi connectivity index (χ1n) is 14.6. The van der Waals surface area contributed by atoms with Crippen LogP contribution in [0.1, 0.15) is 37.1 Å². The van der Waals surface area contributed by atoms with Crippen LogP contribution in [0.2, 0.25) is 10.0 Å². The summed E-state index contributed by atoms with van der Waals surface area (Å²) in [6, 6.07) is 32.2. The van der Waals surface area contributed by atoms with E-state index in [1.165, 1.54) is 54.2 Å². The molecule has 5 aromatic carbocycles. The van der Waals surface area contributed by atoms with E-state index in [0.29, 0.717) is 16.1 Å². The van der Waals surface area contributed by atoms with Crippen LogP contribution in [0, 0.1) is 5.82 Å².